The fourth-order valence-electron chi connectivity index (χ4n) is 1.65. The van der Waals surface area contributed by atoms with Gasteiger partial charge in [-0.25, -0.2) is 4.79 Å². The Kier molecular flexibility index (Phi) is 4.22. The van der Waals surface area contributed by atoms with Crippen LogP contribution in [-0.2, 0) is 11.3 Å². The molecule has 17 heavy (non-hydrogen) atoms. The predicted molar refractivity (Wildman–Crippen MR) is 74.3 cm³/mol. The standard InChI is InChI=1S/C12H14INO3/c1-2-6-16-7-5-14-10-4-3-9(13)8-11(10)17-12(14)15/h3-4,8H,2,5-7H2,1H3. The molecule has 1 aromatic heterocycles. The van der Waals surface area contributed by atoms with Gasteiger partial charge in [0.2, 0.25) is 0 Å². The molecule has 0 spiro atoms. The monoisotopic (exact) mass is 347 g/mol. The van der Waals surface area contributed by atoms with Crippen molar-refractivity contribution in [1.82, 2.24) is 4.57 Å². The minimum atomic E-state index is -0.318. The normalized spacial score (nSPS) is 11.2. The number of hydrogen-bond acceptors (Lipinski definition) is 3. The Hall–Kier alpha value is -0.820. The van der Waals surface area contributed by atoms with E-state index in [0.29, 0.717) is 18.7 Å². The maximum atomic E-state index is 11.7. The quantitative estimate of drug-likeness (QED) is 0.617. The molecule has 0 saturated carbocycles. The second-order valence-electron chi connectivity index (χ2n) is 3.74. The van der Waals surface area contributed by atoms with E-state index in [2.05, 4.69) is 29.5 Å². The summed E-state index contributed by atoms with van der Waals surface area (Å²) in [6.07, 6.45) is 0.985. The molecule has 1 heterocycles. The second-order valence-corrected chi connectivity index (χ2v) is 4.99. The van der Waals surface area contributed by atoms with Crippen LogP contribution in [0.4, 0.5) is 0 Å². The van der Waals surface area contributed by atoms with Crippen LogP contribution in [0, 0.1) is 3.57 Å². The minimum Gasteiger partial charge on any atom is -0.408 e. The third-order valence-electron chi connectivity index (χ3n) is 2.44. The maximum absolute atomic E-state index is 11.7. The zero-order valence-corrected chi connectivity index (χ0v) is 11.8. The van der Waals surface area contributed by atoms with Crippen LogP contribution < -0.4 is 5.76 Å². The molecule has 1 aromatic carbocycles. The van der Waals surface area contributed by atoms with E-state index in [0.717, 1.165) is 22.1 Å². The lowest BCUT2D eigenvalue weighted by Crippen LogP contribution is -2.17. The Labute approximate surface area is 113 Å². The smallest absolute Gasteiger partial charge is 0.408 e. The number of nitrogens with zero attached hydrogens (tertiary/aromatic N) is 1. The van der Waals surface area contributed by atoms with Crippen LogP contribution in [0.1, 0.15) is 13.3 Å². The molecular formula is C12H14INO3. The predicted octanol–water partition coefficient (Wildman–Crippen LogP) is 2.63. The SMILES string of the molecule is CCCOCCn1c(=O)oc2cc(I)ccc21. The summed E-state index contributed by atoms with van der Waals surface area (Å²) in [5.41, 5.74) is 1.47. The van der Waals surface area contributed by atoms with E-state index in [1.807, 2.05) is 18.2 Å². The number of benzene rings is 1. The molecule has 5 heteroatoms. The van der Waals surface area contributed by atoms with Crippen LogP contribution in [0.2, 0.25) is 0 Å². The van der Waals surface area contributed by atoms with Crippen molar-refractivity contribution in [1.29, 1.82) is 0 Å². The van der Waals surface area contributed by atoms with Gasteiger partial charge in [-0.2, -0.15) is 0 Å². The van der Waals surface area contributed by atoms with Crippen LogP contribution in [-0.4, -0.2) is 17.8 Å². The fourth-order valence-corrected chi connectivity index (χ4v) is 2.12. The summed E-state index contributed by atoms with van der Waals surface area (Å²) >= 11 is 2.19. The topological polar surface area (TPSA) is 44.4 Å². The molecule has 0 bridgehead atoms. The van der Waals surface area contributed by atoms with Gasteiger partial charge in [-0.05, 0) is 47.2 Å². The van der Waals surface area contributed by atoms with Crippen molar-refractivity contribution in [3.63, 3.8) is 0 Å². The van der Waals surface area contributed by atoms with Crippen molar-refractivity contribution >= 4 is 33.7 Å². The van der Waals surface area contributed by atoms with Gasteiger partial charge in [0.25, 0.3) is 0 Å². The zero-order valence-electron chi connectivity index (χ0n) is 9.61. The number of ether oxygens (including phenoxy) is 1. The zero-order chi connectivity index (χ0) is 12.3. The van der Waals surface area contributed by atoms with E-state index < -0.39 is 0 Å². The van der Waals surface area contributed by atoms with Gasteiger partial charge in [-0.3, -0.25) is 4.57 Å². The highest BCUT2D eigenvalue weighted by molar-refractivity contribution is 14.1. The van der Waals surface area contributed by atoms with Gasteiger partial charge >= 0.3 is 5.76 Å². The summed E-state index contributed by atoms with van der Waals surface area (Å²) in [4.78, 5) is 11.7. The number of halogens is 1. The highest BCUT2D eigenvalue weighted by Gasteiger charge is 2.08. The van der Waals surface area contributed by atoms with Crippen LogP contribution in [0.3, 0.4) is 0 Å². The molecule has 0 fully saturated rings. The van der Waals surface area contributed by atoms with E-state index >= 15 is 0 Å². The first-order valence-electron chi connectivity index (χ1n) is 5.59. The van der Waals surface area contributed by atoms with Crippen molar-refractivity contribution in [2.24, 2.45) is 0 Å². The largest absolute Gasteiger partial charge is 0.420 e. The van der Waals surface area contributed by atoms with Crippen molar-refractivity contribution < 1.29 is 9.15 Å². The summed E-state index contributed by atoms with van der Waals surface area (Å²) in [7, 11) is 0. The van der Waals surface area contributed by atoms with Gasteiger partial charge in [-0.15, -0.1) is 0 Å². The van der Waals surface area contributed by atoms with E-state index in [1.54, 1.807) is 4.57 Å². The van der Waals surface area contributed by atoms with E-state index in [9.17, 15) is 4.79 Å². The Morgan fingerprint density at radius 1 is 1.41 bits per heavy atom. The Bertz CT molecular complexity index is 558. The molecular weight excluding hydrogens is 333 g/mol. The van der Waals surface area contributed by atoms with E-state index in [1.165, 1.54) is 0 Å². The molecule has 0 aliphatic rings. The first-order chi connectivity index (χ1) is 8.22. The molecule has 0 aliphatic heterocycles. The summed E-state index contributed by atoms with van der Waals surface area (Å²) in [5.74, 6) is -0.318. The first kappa shape index (κ1) is 12.6. The molecule has 0 saturated heterocycles. The van der Waals surface area contributed by atoms with Gasteiger partial charge in [0.15, 0.2) is 5.58 Å². The molecule has 0 unspecified atom stereocenters. The molecule has 0 radical (unpaired) electrons. The number of aromatic nitrogens is 1. The van der Waals surface area contributed by atoms with Gasteiger partial charge in [0.05, 0.1) is 18.7 Å². The maximum Gasteiger partial charge on any atom is 0.420 e. The van der Waals surface area contributed by atoms with Crippen molar-refractivity contribution in [3.8, 4) is 0 Å². The number of fused-ring (bicyclic) bond motifs is 1. The molecule has 0 N–H and O–H groups in total. The molecule has 92 valence electrons. The molecule has 2 rings (SSSR count). The van der Waals surface area contributed by atoms with Crippen LogP contribution in [0.5, 0.6) is 0 Å². The highest BCUT2D eigenvalue weighted by Crippen LogP contribution is 2.16. The van der Waals surface area contributed by atoms with Crippen molar-refractivity contribution in [3.05, 3.63) is 32.3 Å². The summed E-state index contributed by atoms with van der Waals surface area (Å²) in [6, 6.07) is 5.73. The molecule has 0 atom stereocenters. The average molecular weight is 347 g/mol. The van der Waals surface area contributed by atoms with E-state index in [4.69, 9.17) is 9.15 Å². The van der Waals surface area contributed by atoms with Crippen LogP contribution in [0.15, 0.2) is 27.4 Å². The van der Waals surface area contributed by atoms with Gasteiger partial charge in [-0.1, -0.05) is 6.92 Å². The summed E-state index contributed by atoms with van der Waals surface area (Å²) in [5, 5.41) is 0. The fraction of sp³-hybridized carbons (Fsp3) is 0.417. The third-order valence-corrected chi connectivity index (χ3v) is 3.11. The van der Waals surface area contributed by atoms with Crippen molar-refractivity contribution in [2.45, 2.75) is 19.9 Å². The summed E-state index contributed by atoms with van der Waals surface area (Å²) in [6.45, 7) is 3.85. The van der Waals surface area contributed by atoms with E-state index in [-0.39, 0.29) is 5.76 Å². The lowest BCUT2D eigenvalue weighted by molar-refractivity contribution is 0.126. The highest BCUT2D eigenvalue weighted by atomic mass is 127. The Balaban J connectivity index is 2.21. The number of hydrogen-bond donors (Lipinski definition) is 0. The van der Waals surface area contributed by atoms with Crippen LogP contribution in [0.25, 0.3) is 11.1 Å². The first-order valence-corrected chi connectivity index (χ1v) is 6.67. The van der Waals surface area contributed by atoms with Crippen molar-refractivity contribution in [2.75, 3.05) is 13.2 Å². The Morgan fingerprint density at radius 2 is 2.24 bits per heavy atom. The molecule has 0 aliphatic carbocycles. The summed E-state index contributed by atoms with van der Waals surface area (Å²) < 4.78 is 13.2. The molecule has 4 nitrogen and oxygen atoms in total. The van der Waals surface area contributed by atoms with Gasteiger partial charge in [0, 0.05) is 10.2 Å². The lowest BCUT2D eigenvalue weighted by atomic mass is 10.3. The van der Waals surface area contributed by atoms with Gasteiger partial charge < -0.3 is 9.15 Å². The Morgan fingerprint density at radius 3 is 3.00 bits per heavy atom. The van der Waals surface area contributed by atoms with Gasteiger partial charge in [0.1, 0.15) is 0 Å². The molecule has 0 amide bonds. The second kappa shape index (κ2) is 5.68. The average Bonchev–Trinajstić information content (AvgIpc) is 2.60. The minimum absolute atomic E-state index is 0.318. The number of oxazole rings is 1. The lowest BCUT2D eigenvalue weighted by Gasteiger charge is -2.03. The van der Waals surface area contributed by atoms with Crippen LogP contribution >= 0.6 is 22.6 Å². The molecule has 2 aromatic rings. The third kappa shape index (κ3) is 2.90. The number of rotatable bonds is 5.